The fraction of sp³-hybridized carbons (Fsp3) is 0.0909. The summed E-state index contributed by atoms with van der Waals surface area (Å²) in [6, 6.07) is 22.9. The van der Waals surface area contributed by atoms with Crippen LogP contribution in [0.3, 0.4) is 0 Å². The molecule has 0 saturated heterocycles. The molecule has 0 saturated carbocycles. The van der Waals surface area contributed by atoms with Crippen LogP contribution < -0.4 is 10.2 Å². The van der Waals surface area contributed by atoms with Crippen LogP contribution in [-0.2, 0) is 4.79 Å². The van der Waals surface area contributed by atoms with Crippen molar-refractivity contribution < 1.29 is 9.53 Å². The highest BCUT2D eigenvalue weighted by atomic mass is 35.5. The van der Waals surface area contributed by atoms with Crippen molar-refractivity contribution in [2.24, 2.45) is 5.10 Å². The number of hydrogen-bond acceptors (Lipinski definition) is 3. The molecule has 0 heterocycles. The lowest BCUT2D eigenvalue weighted by atomic mass is 10.0. The number of benzene rings is 3. The van der Waals surface area contributed by atoms with Crippen LogP contribution in [0, 0.1) is 0 Å². The molecule has 0 aromatic heterocycles. The first-order valence-corrected chi connectivity index (χ1v) is 9.35. The maximum absolute atomic E-state index is 12.0. The van der Waals surface area contributed by atoms with E-state index >= 15 is 0 Å². The van der Waals surface area contributed by atoms with Crippen LogP contribution in [0.15, 0.2) is 77.9 Å². The number of rotatable bonds is 6. The summed E-state index contributed by atoms with van der Waals surface area (Å²) in [5.74, 6) is 0.00434. The minimum atomic E-state index is -0.383. The minimum absolute atomic E-state index is 0.203. The highest BCUT2D eigenvalue weighted by Crippen LogP contribution is 2.27. The predicted molar refractivity (Wildman–Crippen MR) is 114 cm³/mol. The second kappa shape index (κ2) is 9.40. The summed E-state index contributed by atoms with van der Waals surface area (Å²) in [5.41, 5.74) is 6.36. The summed E-state index contributed by atoms with van der Waals surface area (Å²) >= 11 is 11.8. The maximum atomic E-state index is 12.0. The third-order valence-corrected chi connectivity index (χ3v) is 4.54. The van der Waals surface area contributed by atoms with Gasteiger partial charge in [0.2, 0.25) is 0 Å². The Kier molecular flexibility index (Phi) is 6.69. The molecule has 1 amide bonds. The van der Waals surface area contributed by atoms with Crippen molar-refractivity contribution in [2.45, 2.75) is 6.92 Å². The molecule has 28 heavy (non-hydrogen) atoms. The number of ether oxygens (including phenoxy) is 1. The topological polar surface area (TPSA) is 50.7 Å². The Morgan fingerprint density at radius 1 is 0.964 bits per heavy atom. The second-order valence-electron chi connectivity index (χ2n) is 6.04. The minimum Gasteiger partial charge on any atom is -0.482 e. The van der Waals surface area contributed by atoms with Gasteiger partial charge < -0.3 is 4.74 Å². The lowest BCUT2D eigenvalue weighted by molar-refractivity contribution is -0.123. The Morgan fingerprint density at radius 2 is 1.64 bits per heavy atom. The number of hydrazone groups is 1. The monoisotopic (exact) mass is 412 g/mol. The van der Waals surface area contributed by atoms with Crippen molar-refractivity contribution in [3.05, 3.63) is 88.4 Å². The van der Waals surface area contributed by atoms with Crippen molar-refractivity contribution in [3.63, 3.8) is 0 Å². The van der Waals surface area contributed by atoms with Crippen LogP contribution >= 0.6 is 23.2 Å². The van der Waals surface area contributed by atoms with Gasteiger partial charge >= 0.3 is 0 Å². The number of nitrogens with one attached hydrogen (secondary N) is 1. The molecule has 4 nitrogen and oxygen atoms in total. The van der Waals surface area contributed by atoms with Gasteiger partial charge in [-0.2, -0.15) is 5.10 Å². The van der Waals surface area contributed by atoms with E-state index < -0.39 is 0 Å². The number of carbonyl (C=O) groups is 1. The second-order valence-corrected chi connectivity index (χ2v) is 6.88. The van der Waals surface area contributed by atoms with Gasteiger partial charge in [-0.05, 0) is 41.8 Å². The zero-order valence-corrected chi connectivity index (χ0v) is 16.7. The number of nitrogens with zero attached hydrogens (tertiary/aromatic N) is 1. The van der Waals surface area contributed by atoms with E-state index in [9.17, 15) is 4.79 Å². The molecule has 1 N–H and O–H groups in total. The normalized spacial score (nSPS) is 11.2. The molecule has 0 unspecified atom stereocenters. The van der Waals surface area contributed by atoms with E-state index in [0.29, 0.717) is 21.5 Å². The van der Waals surface area contributed by atoms with E-state index in [0.717, 1.165) is 16.7 Å². The van der Waals surface area contributed by atoms with Crippen molar-refractivity contribution >= 4 is 34.8 Å². The Hall–Kier alpha value is -2.82. The van der Waals surface area contributed by atoms with Crippen LogP contribution in [0.5, 0.6) is 5.75 Å². The summed E-state index contributed by atoms with van der Waals surface area (Å²) in [5, 5.41) is 4.97. The van der Waals surface area contributed by atoms with Gasteiger partial charge in [-0.25, -0.2) is 5.43 Å². The van der Waals surface area contributed by atoms with Crippen molar-refractivity contribution in [1.82, 2.24) is 5.43 Å². The zero-order valence-electron chi connectivity index (χ0n) is 15.2. The number of carbonyl (C=O) groups excluding carboxylic acids is 1. The van der Waals surface area contributed by atoms with E-state index in [1.165, 1.54) is 0 Å². The van der Waals surface area contributed by atoms with E-state index in [4.69, 9.17) is 27.9 Å². The molecule has 3 aromatic carbocycles. The first-order valence-electron chi connectivity index (χ1n) is 8.60. The van der Waals surface area contributed by atoms with Gasteiger partial charge in [0.05, 0.1) is 10.7 Å². The Balaban J connectivity index is 1.56. The molecule has 0 fully saturated rings. The average molecular weight is 413 g/mol. The summed E-state index contributed by atoms with van der Waals surface area (Å²) in [6.07, 6.45) is 0. The summed E-state index contributed by atoms with van der Waals surface area (Å²) in [7, 11) is 0. The zero-order chi connectivity index (χ0) is 19.9. The predicted octanol–water partition coefficient (Wildman–Crippen LogP) is 5.58. The lowest BCUT2D eigenvalue weighted by Crippen LogP contribution is -2.25. The number of hydrogen-bond donors (Lipinski definition) is 1. The Bertz CT molecular complexity index is 987. The average Bonchev–Trinajstić information content (AvgIpc) is 2.72. The molecular formula is C22H18Cl2N2O2. The highest BCUT2D eigenvalue weighted by Gasteiger charge is 2.07. The fourth-order valence-electron chi connectivity index (χ4n) is 2.51. The van der Waals surface area contributed by atoms with E-state index in [1.807, 2.05) is 49.4 Å². The molecule has 0 aliphatic carbocycles. The molecular weight excluding hydrogens is 395 g/mol. The molecule has 0 spiro atoms. The number of amides is 1. The van der Waals surface area contributed by atoms with Crippen LogP contribution in [-0.4, -0.2) is 18.2 Å². The first-order chi connectivity index (χ1) is 13.5. The van der Waals surface area contributed by atoms with Gasteiger partial charge in [0.1, 0.15) is 5.75 Å². The first kappa shape index (κ1) is 19.9. The molecule has 0 radical (unpaired) electrons. The van der Waals surface area contributed by atoms with Gasteiger partial charge in [0.25, 0.3) is 5.91 Å². The summed E-state index contributed by atoms with van der Waals surface area (Å²) in [4.78, 5) is 12.0. The highest BCUT2D eigenvalue weighted by molar-refractivity contribution is 6.35. The van der Waals surface area contributed by atoms with E-state index in [2.05, 4.69) is 22.7 Å². The molecule has 0 aliphatic heterocycles. The molecule has 0 bridgehead atoms. The molecule has 142 valence electrons. The van der Waals surface area contributed by atoms with Crippen LogP contribution in [0.4, 0.5) is 0 Å². The Labute approximate surface area is 173 Å². The van der Waals surface area contributed by atoms with Gasteiger partial charge in [-0.3, -0.25) is 4.79 Å². The van der Waals surface area contributed by atoms with Crippen LogP contribution in [0.25, 0.3) is 11.1 Å². The molecule has 0 aliphatic rings. The maximum Gasteiger partial charge on any atom is 0.277 e. The van der Waals surface area contributed by atoms with Gasteiger partial charge in [0, 0.05) is 5.02 Å². The fourth-order valence-corrected chi connectivity index (χ4v) is 2.98. The van der Waals surface area contributed by atoms with Gasteiger partial charge in [0.15, 0.2) is 6.61 Å². The number of halogens is 2. The summed E-state index contributed by atoms with van der Waals surface area (Å²) in [6.45, 7) is 1.62. The standard InChI is InChI=1S/C22H18Cl2N2O2/c1-15(16-7-9-18(10-8-16)17-5-3-2-4-6-17)25-26-22(27)14-28-21-12-11-19(23)13-20(21)24/h2-13H,14H2,1H3,(H,26,27). The summed E-state index contributed by atoms with van der Waals surface area (Å²) < 4.78 is 5.38. The van der Waals surface area contributed by atoms with Crippen molar-refractivity contribution in [3.8, 4) is 16.9 Å². The van der Waals surface area contributed by atoms with Gasteiger partial charge in [-0.15, -0.1) is 0 Å². The van der Waals surface area contributed by atoms with Gasteiger partial charge in [-0.1, -0.05) is 77.8 Å². The molecule has 0 atom stereocenters. The lowest BCUT2D eigenvalue weighted by Gasteiger charge is -2.08. The largest absolute Gasteiger partial charge is 0.482 e. The smallest absolute Gasteiger partial charge is 0.277 e. The quantitative estimate of drug-likeness (QED) is 0.424. The van der Waals surface area contributed by atoms with Crippen molar-refractivity contribution in [1.29, 1.82) is 0 Å². The molecule has 6 heteroatoms. The molecule has 3 rings (SSSR count). The third-order valence-electron chi connectivity index (χ3n) is 4.01. The van der Waals surface area contributed by atoms with E-state index in [-0.39, 0.29) is 12.5 Å². The Morgan fingerprint density at radius 3 is 2.32 bits per heavy atom. The van der Waals surface area contributed by atoms with E-state index in [1.54, 1.807) is 18.2 Å². The van der Waals surface area contributed by atoms with Crippen LogP contribution in [0.2, 0.25) is 10.0 Å². The van der Waals surface area contributed by atoms with Crippen molar-refractivity contribution in [2.75, 3.05) is 6.61 Å². The SMILES string of the molecule is CC(=NNC(=O)COc1ccc(Cl)cc1Cl)c1ccc(-c2ccccc2)cc1. The van der Waals surface area contributed by atoms with Crippen LogP contribution in [0.1, 0.15) is 12.5 Å². The third kappa shape index (κ3) is 5.35. The molecule has 3 aromatic rings.